The quantitative estimate of drug-likeness (QED) is 0.562. The van der Waals surface area contributed by atoms with E-state index in [4.69, 9.17) is 4.12 Å². The molecule has 1 unspecified atom stereocenters. The fourth-order valence-corrected chi connectivity index (χ4v) is 9.09. The molecule has 0 N–H and O–H groups in total. The fraction of sp³-hybridized carbons (Fsp3) is 1.00. The SMILES string of the molecule is CC.C[SiH]1CCCCC[Si](C)(C)O1. The third-order valence-corrected chi connectivity index (χ3v) is 9.35. The Balaban J connectivity index is 0.000000671. The van der Waals surface area contributed by atoms with Crippen LogP contribution in [0.4, 0.5) is 0 Å². The molecule has 0 aromatic carbocycles. The smallest absolute Gasteiger partial charge is 0.173 e. The molecular weight excluding hydrogens is 192 g/mol. The lowest BCUT2D eigenvalue weighted by Gasteiger charge is -2.29. The van der Waals surface area contributed by atoms with E-state index in [2.05, 4.69) is 19.6 Å². The summed E-state index contributed by atoms with van der Waals surface area (Å²) < 4.78 is 6.16. The van der Waals surface area contributed by atoms with E-state index in [9.17, 15) is 0 Å². The highest BCUT2D eigenvalue weighted by Gasteiger charge is 2.25. The zero-order chi connectivity index (χ0) is 10.3. The first kappa shape index (κ1) is 13.4. The van der Waals surface area contributed by atoms with E-state index in [1.165, 1.54) is 31.4 Å². The predicted octanol–water partition coefficient (Wildman–Crippen LogP) is 3.77. The summed E-state index contributed by atoms with van der Waals surface area (Å²) in [7, 11) is -1.91. The molecule has 1 saturated heterocycles. The van der Waals surface area contributed by atoms with Crippen LogP contribution in [0.2, 0.25) is 31.7 Å². The van der Waals surface area contributed by atoms with E-state index in [1.807, 2.05) is 13.8 Å². The molecule has 1 heterocycles. The van der Waals surface area contributed by atoms with Crippen molar-refractivity contribution in [2.24, 2.45) is 0 Å². The van der Waals surface area contributed by atoms with Crippen molar-refractivity contribution in [3.05, 3.63) is 0 Å². The average Bonchev–Trinajstić information content (AvgIpc) is 2.04. The molecule has 1 fully saturated rings. The molecule has 1 atom stereocenters. The van der Waals surface area contributed by atoms with E-state index >= 15 is 0 Å². The lowest BCUT2D eigenvalue weighted by atomic mass is 10.3. The second kappa shape index (κ2) is 6.79. The van der Waals surface area contributed by atoms with Crippen molar-refractivity contribution in [1.82, 2.24) is 0 Å². The Morgan fingerprint density at radius 3 is 2.31 bits per heavy atom. The van der Waals surface area contributed by atoms with Crippen LogP contribution in [0.3, 0.4) is 0 Å². The van der Waals surface area contributed by atoms with Crippen molar-refractivity contribution in [3.63, 3.8) is 0 Å². The molecule has 1 aliphatic heterocycles. The van der Waals surface area contributed by atoms with E-state index < -0.39 is 17.4 Å². The first-order valence-electron chi connectivity index (χ1n) is 5.78. The van der Waals surface area contributed by atoms with Crippen molar-refractivity contribution in [2.75, 3.05) is 0 Å². The fourth-order valence-electron chi connectivity index (χ4n) is 1.82. The highest BCUT2D eigenvalue weighted by Crippen LogP contribution is 2.22. The maximum absolute atomic E-state index is 6.16. The molecule has 0 saturated carbocycles. The van der Waals surface area contributed by atoms with Gasteiger partial charge in [-0.3, -0.25) is 0 Å². The second-order valence-electron chi connectivity index (χ2n) is 4.29. The molecule has 0 amide bonds. The maximum atomic E-state index is 6.16. The van der Waals surface area contributed by atoms with Crippen molar-refractivity contribution < 1.29 is 4.12 Å². The molecular formula is C10H26OSi2. The second-order valence-corrected chi connectivity index (χ2v) is 11.4. The lowest BCUT2D eigenvalue weighted by Crippen LogP contribution is -2.37. The molecule has 1 nitrogen and oxygen atoms in total. The Kier molecular flexibility index (Phi) is 7.00. The first-order valence-corrected chi connectivity index (χ1v) is 11.3. The Bertz CT molecular complexity index is 126. The molecule has 0 aromatic heterocycles. The van der Waals surface area contributed by atoms with E-state index in [0.29, 0.717) is 0 Å². The summed E-state index contributed by atoms with van der Waals surface area (Å²) in [6.45, 7) is 11.1. The minimum atomic E-state index is -1.17. The van der Waals surface area contributed by atoms with E-state index in [1.54, 1.807) is 0 Å². The number of rotatable bonds is 0. The minimum Gasteiger partial charge on any atom is -0.458 e. The van der Waals surface area contributed by atoms with Gasteiger partial charge in [-0.05, 0) is 31.7 Å². The van der Waals surface area contributed by atoms with Crippen LogP contribution in [0.25, 0.3) is 0 Å². The van der Waals surface area contributed by atoms with Gasteiger partial charge in [0.05, 0.1) is 0 Å². The molecule has 1 aliphatic rings. The highest BCUT2D eigenvalue weighted by atomic mass is 28.4. The predicted molar refractivity (Wildman–Crippen MR) is 66.4 cm³/mol. The van der Waals surface area contributed by atoms with Gasteiger partial charge < -0.3 is 4.12 Å². The van der Waals surface area contributed by atoms with Gasteiger partial charge in [-0.1, -0.05) is 33.1 Å². The van der Waals surface area contributed by atoms with Crippen LogP contribution in [0.1, 0.15) is 33.1 Å². The summed E-state index contributed by atoms with van der Waals surface area (Å²) in [6.07, 6.45) is 4.30. The van der Waals surface area contributed by atoms with Gasteiger partial charge in [0.15, 0.2) is 17.4 Å². The van der Waals surface area contributed by atoms with Gasteiger partial charge in [0.2, 0.25) is 0 Å². The topological polar surface area (TPSA) is 9.23 Å². The van der Waals surface area contributed by atoms with Gasteiger partial charge >= 0.3 is 0 Å². The normalized spacial score (nSPS) is 27.9. The zero-order valence-corrected chi connectivity index (χ0v) is 12.2. The van der Waals surface area contributed by atoms with Crippen molar-refractivity contribution in [1.29, 1.82) is 0 Å². The molecule has 1 rings (SSSR count). The molecule has 80 valence electrons. The lowest BCUT2D eigenvalue weighted by molar-refractivity contribution is 0.533. The van der Waals surface area contributed by atoms with Gasteiger partial charge in [0.25, 0.3) is 0 Å². The Morgan fingerprint density at radius 2 is 1.69 bits per heavy atom. The average molecular weight is 218 g/mol. The van der Waals surface area contributed by atoms with Crippen LogP contribution in [-0.4, -0.2) is 17.4 Å². The zero-order valence-electron chi connectivity index (χ0n) is 10.0. The first-order chi connectivity index (χ1) is 6.10. The van der Waals surface area contributed by atoms with Crippen LogP contribution in [0.15, 0.2) is 0 Å². The summed E-state index contributed by atoms with van der Waals surface area (Å²) in [6, 6.07) is 2.81. The summed E-state index contributed by atoms with van der Waals surface area (Å²) in [5.41, 5.74) is 0. The summed E-state index contributed by atoms with van der Waals surface area (Å²) in [5, 5.41) is 0. The molecule has 0 aromatic rings. The Labute approximate surface area is 86.7 Å². The molecule has 0 bridgehead atoms. The van der Waals surface area contributed by atoms with Gasteiger partial charge in [-0.25, -0.2) is 0 Å². The molecule has 0 radical (unpaired) electrons. The standard InChI is InChI=1S/C8H20OSi2.C2H6/c1-10-7-5-4-6-8-11(2,3)9-10;1-2/h10H,4-8H2,1-3H3;1-2H3. The van der Waals surface area contributed by atoms with Crippen LogP contribution in [0.5, 0.6) is 0 Å². The molecule has 0 aliphatic carbocycles. The Morgan fingerprint density at radius 1 is 1.08 bits per heavy atom. The van der Waals surface area contributed by atoms with Gasteiger partial charge in [0.1, 0.15) is 0 Å². The summed E-state index contributed by atoms with van der Waals surface area (Å²) in [5.74, 6) is 0. The van der Waals surface area contributed by atoms with Gasteiger partial charge in [-0.2, -0.15) is 0 Å². The van der Waals surface area contributed by atoms with Gasteiger partial charge in [0, 0.05) is 0 Å². The maximum Gasteiger partial charge on any atom is 0.173 e. The third-order valence-electron chi connectivity index (χ3n) is 2.41. The number of hydrogen-bond acceptors (Lipinski definition) is 1. The van der Waals surface area contributed by atoms with Crippen LogP contribution in [-0.2, 0) is 4.12 Å². The van der Waals surface area contributed by atoms with Crippen molar-refractivity contribution in [2.45, 2.75) is 64.8 Å². The molecule has 13 heavy (non-hydrogen) atoms. The van der Waals surface area contributed by atoms with Gasteiger partial charge in [-0.15, -0.1) is 0 Å². The highest BCUT2D eigenvalue weighted by molar-refractivity contribution is 6.78. The minimum absolute atomic E-state index is 0.732. The van der Waals surface area contributed by atoms with Crippen molar-refractivity contribution >= 4 is 17.4 Å². The van der Waals surface area contributed by atoms with E-state index in [-0.39, 0.29) is 0 Å². The Hall–Kier alpha value is 0.394. The monoisotopic (exact) mass is 218 g/mol. The largest absolute Gasteiger partial charge is 0.458 e. The summed E-state index contributed by atoms with van der Waals surface area (Å²) >= 11 is 0. The van der Waals surface area contributed by atoms with Crippen LogP contribution in [0, 0.1) is 0 Å². The molecule has 3 heteroatoms. The summed E-state index contributed by atoms with van der Waals surface area (Å²) in [4.78, 5) is 0. The van der Waals surface area contributed by atoms with E-state index in [0.717, 1.165) is 0 Å². The van der Waals surface area contributed by atoms with Crippen molar-refractivity contribution in [3.8, 4) is 0 Å². The number of hydrogen-bond donors (Lipinski definition) is 0. The molecule has 0 spiro atoms. The van der Waals surface area contributed by atoms with Crippen LogP contribution < -0.4 is 0 Å². The third kappa shape index (κ3) is 6.46. The van der Waals surface area contributed by atoms with Crippen LogP contribution >= 0.6 is 0 Å².